The monoisotopic (exact) mass is 318 g/mol. The number of furan rings is 1. The molecule has 1 atom stereocenters. The van der Waals surface area contributed by atoms with Gasteiger partial charge in [-0.15, -0.1) is 0 Å². The molecule has 0 amide bonds. The lowest BCUT2D eigenvalue weighted by Crippen LogP contribution is -2.82. The van der Waals surface area contributed by atoms with Crippen LogP contribution in [0, 0.1) is 5.92 Å². The first kappa shape index (κ1) is 17.4. The highest BCUT2D eigenvalue weighted by atomic mass is 16.5. The summed E-state index contributed by atoms with van der Waals surface area (Å²) >= 11 is 0. The van der Waals surface area contributed by atoms with Crippen molar-refractivity contribution < 1.29 is 19.2 Å². The fraction of sp³-hybridized carbons (Fsp3) is 0.474. The van der Waals surface area contributed by atoms with Crippen molar-refractivity contribution in [3.05, 3.63) is 47.9 Å². The predicted octanol–water partition coefficient (Wildman–Crippen LogP) is 3.19. The molecule has 0 radical (unpaired) electrons. The Kier molecular flexibility index (Phi) is 6.53. The van der Waals surface area contributed by atoms with Gasteiger partial charge in [-0.1, -0.05) is 13.8 Å². The Labute approximate surface area is 138 Å². The topological polar surface area (TPSA) is 48.2 Å². The van der Waals surface area contributed by atoms with E-state index in [0.717, 1.165) is 36.8 Å². The molecule has 4 nitrogen and oxygen atoms in total. The van der Waals surface area contributed by atoms with Gasteiger partial charge in [-0.25, -0.2) is 0 Å². The van der Waals surface area contributed by atoms with Crippen molar-refractivity contribution in [1.82, 2.24) is 0 Å². The molecular weight excluding hydrogens is 290 g/mol. The van der Waals surface area contributed by atoms with Crippen LogP contribution >= 0.6 is 0 Å². The number of methoxy groups -OCH3 is 2. The van der Waals surface area contributed by atoms with E-state index in [1.165, 1.54) is 5.56 Å². The highest BCUT2D eigenvalue weighted by Crippen LogP contribution is 2.28. The first-order valence-electron chi connectivity index (χ1n) is 8.21. The van der Waals surface area contributed by atoms with Crippen molar-refractivity contribution >= 4 is 0 Å². The summed E-state index contributed by atoms with van der Waals surface area (Å²) in [6.45, 7) is 6.50. The Bertz CT molecular complexity index is 578. The van der Waals surface area contributed by atoms with E-state index < -0.39 is 0 Å². The fourth-order valence-electron chi connectivity index (χ4n) is 2.88. The van der Waals surface area contributed by atoms with E-state index in [1.807, 2.05) is 18.2 Å². The molecule has 0 saturated carbocycles. The number of benzene rings is 1. The van der Waals surface area contributed by atoms with Crippen LogP contribution in [0.15, 0.2) is 41.0 Å². The quantitative estimate of drug-likeness (QED) is 0.722. The van der Waals surface area contributed by atoms with Gasteiger partial charge in [0, 0.05) is 17.9 Å². The number of nitrogens with two attached hydrogens (primary N) is 1. The Morgan fingerprint density at radius 1 is 1.09 bits per heavy atom. The molecule has 0 spiro atoms. The average molecular weight is 318 g/mol. The zero-order valence-electron chi connectivity index (χ0n) is 14.5. The summed E-state index contributed by atoms with van der Waals surface area (Å²) in [5, 5.41) is 2.33. The molecule has 126 valence electrons. The van der Waals surface area contributed by atoms with Crippen LogP contribution in [0.4, 0.5) is 0 Å². The first-order chi connectivity index (χ1) is 11.2. The fourth-order valence-corrected chi connectivity index (χ4v) is 2.88. The molecule has 0 saturated heterocycles. The highest BCUT2D eigenvalue weighted by Gasteiger charge is 2.18. The molecule has 1 heterocycles. The van der Waals surface area contributed by atoms with Crippen molar-refractivity contribution in [2.24, 2.45) is 5.92 Å². The third-order valence-electron chi connectivity index (χ3n) is 4.22. The average Bonchev–Trinajstić information content (AvgIpc) is 3.08. The number of hydrogen-bond donors (Lipinski definition) is 1. The van der Waals surface area contributed by atoms with Crippen LogP contribution < -0.4 is 14.8 Å². The molecule has 0 aliphatic carbocycles. The van der Waals surface area contributed by atoms with Crippen molar-refractivity contribution in [3.63, 3.8) is 0 Å². The van der Waals surface area contributed by atoms with Gasteiger partial charge < -0.3 is 19.2 Å². The molecule has 2 N–H and O–H groups in total. The Morgan fingerprint density at radius 2 is 1.87 bits per heavy atom. The van der Waals surface area contributed by atoms with Crippen LogP contribution in [0.5, 0.6) is 11.5 Å². The largest absolute Gasteiger partial charge is 0.493 e. The first-order valence-corrected chi connectivity index (χ1v) is 8.21. The number of rotatable bonds is 9. The van der Waals surface area contributed by atoms with Gasteiger partial charge in [-0.3, -0.25) is 0 Å². The zero-order valence-corrected chi connectivity index (χ0v) is 14.5. The maximum absolute atomic E-state index is 5.58. The molecule has 0 bridgehead atoms. The van der Waals surface area contributed by atoms with Crippen LogP contribution in [-0.2, 0) is 6.54 Å². The summed E-state index contributed by atoms with van der Waals surface area (Å²) < 4.78 is 16.2. The third-order valence-corrected chi connectivity index (χ3v) is 4.22. The van der Waals surface area contributed by atoms with E-state index in [4.69, 9.17) is 13.9 Å². The normalized spacial score (nSPS) is 12.4. The number of ether oxygens (including phenoxy) is 2. The Morgan fingerprint density at radius 3 is 2.48 bits per heavy atom. The Balaban J connectivity index is 1.85. The minimum absolute atomic E-state index is 0.478. The summed E-state index contributed by atoms with van der Waals surface area (Å²) in [7, 11) is 3.33. The van der Waals surface area contributed by atoms with Gasteiger partial charge in [0.1, 0.15) is 12.3 Å². The van der Waals surface area contributed by atoms with E-state index in [-0.39, 0.29) is 0 Å². The van der Waals surface area contributed by atoms with E-state index in [2.05, 4.69) is 31.3 Å². The number of quaternary nitrogens is 1. The van der Waals surface area contributed by atoms with Crippen molar-refractivity contribution in [3.8, 4) is 11.5 Å². The van der Waals surface area contributed by atoms with Gasteiger partial charge in [0.2, 0.25) is 0 Å². The summed E-state index contributed by atoms with van der Waals surface area (Å²) in [6.07, 6.45) is 2.87. The van der Waals surface area contributed by atoms with Crippen LogP contribution in [0.2, 0.25) is 0 Å². The van der Waals surface area contributed by atoms with Gasteiger partial charge in [-0.05, 0) is 36.2 Å². The van der Waals surface area contributed by atoms with Crippen LogP contribution in [0.25, 0.3) is 0 Å². The maximum atomic E-state index is 5.58. The molecule has 0 fully saturated rings. The maximum Gasteiger partial charge on any atom is 0.161 e. The van der Waals surface area contributed by atoms with Crippen molar-refractivity contribution in [2.75, 3.05) is 20.8 Å². The summed E-state index contributed by atoms with van der Waals surface area (Å²) in [6, 6.07) is 10.1. The molecule has 23 heavy (non-hydrogen) atoms. The predicted molar refractivity (Wildman–Crippen MR) is 90.9 cm³/mol. The second-order valence-electron chi connectivity index (χ2n) is 6.13. The van der Waals surface area contributed by atoms with E-state index in [1.54, 1.807) is 20.5 Å². The van der Waals surface area contributed by atoms with Crippen LogP contribution in [0.1, 0.15) is 37.5 Å². The standard InChI is InChI=1S/C19H27NO3/c1-14(2)16(17-6-5-11-23-17)9-10-20-13-15-7-8-18(21-3)19(12-15)22-4/h5-8,11-12,14,16,20H,9-10,13H2,1-4H3/p+1/t16-/m1/s1. The molecule has 0 unspecified atom stereocenters. The second-order valence-corrected chi connectivity index (χ2v) is 6.13. The lowest BCUT2D eigenvalue weighted by atomic mass is 9.90. The molecule has 0 aliphatic heterocycles. The van der Waals surface area contributed by atoms with Gasteiger partial charge in [0.25, 0.3) is 0 Å². The van der Waals surface area contributed by atoms with Crippen molar-refractivity contribution in [1.29, 1.82) is 0 Å². The van der Waals surface area contributed by atoms with Gasteiger partial charge in [-0.2, -0.15) is 0 Å². The number of hydrogen-bond acceptors (Lipinski definition) is 3. The minimum atomic E-state index is 0.478. The van der Waals surface area contributed by atoms with Gasteiger partial charge in [0.15, 0.2) is 11.5 Å². The molecule has 4 heteroatoms. The summed E-state index contributed by atoms with van der Waals surface area (Å²) in [5.74, 6) is 3.71. The Hall–Kier alpha value is -1.94. The van der Waals surface area contributed by atoms with Crippen LogP contribution in [0.3, 0.4) is 0 Å². The molecular formula is C19H28NO3+. The minimum Gasteiger partial charge on any atom is -0.493 e. The van der Waals surface area contributed by atoms with Gasteiger partial charge >= 0.3 is 0 Å². The lowest BCUT2D eigenvalue weighted by molar-refractivity contribution is -0.671. The lowest BCUT2D eigenvalue weighted by Gasteiger charge is -2.17. The zero-order chi connectivity index (χ0) is 16.7. The van der Waals surface area contributed by atoms with E-state index in [9.17, 15) is 0 Å². The molecule has 1 aromatic carbocycles. The molecule has 2 rings (SSSR count). The third kappa shape index (κ3) is 4.76. The van der Waals surface area contributed by atoms with E-state index >= 15 is 0 Å². The smallest absolute Gasteiger partial charge is 0.161 e. The van der Waals surface area contributed by atoms with E-state index in [0.29, 0.717) is 11.8 Å². The van der Waals surface area contributed by atoms with Gasteiger partial charge in [0.05, 0.1) is 27.0 Å². The van der Waals surface area contributed by atoms with Crippen molar-refractivity contribution in [2.45, 2.75) is 32.7 Å². The SMILES string of the molecule is COc1ccc(C[NH2+]CC[C@@H](c2ccco2)C(C)C)cc1OC. The molecule has 1 aromatic heterocycles. The van der Waals surface area contributed by atoms with Crippen LogP contribution in [-0.4, -0.2) is 20.8 Å². The highest BCUT2D eigenvalue weighted by molar-refractivity contribution is 5.42. The molecule has 2 aromatic rings. The summed E-state index contributed by atoms with van der Waals surface area (Å²) in [5.41, 5.74) is 1.24. The summed E-state index contributed by atoms with van der Waals surface area (Å²) in [4.78, 5) is 0. The molecule has 0 aliphatic rings. The second kappa shape index (κ2) is 8.63.